The molecule has 1 aromatic rings. The molecule has 0 aliphatic carbocycles. The first-order chi connectivity index (χ1) is 10.1. The van der Waals surface area contributed by atoms with Crippen molar-refractivity contribution in [3.8, 4) is 0 Å². The van der Waals surface area contributed by atoms with Crippen LogP contribution in [0.1, 0.15) is 18.9 Å². The number of nitrogens with zero attached hydrogens (tertiary/aromatic N) is 4. The normalized spacial score (nSPS) is 19.6. The molecular weight excluding hydrogens is 294 g/mol. The van der Waals surface area contributed by atoms with Gasteiger partial charge in [-0.3, -0.25) is 10.1 Å². The monoisotopic (exact) mass is 311 g/mol. The van der Waals surface area contributed by atoms with E-state index in [1.165, 1.54) is 12.3 Å². The molecule has 0 radical (unpaired) electrons. The Bertz CT molecular complexity index is 566. The molecule has 114 valence electrons. The Hall–Kier alpha value is -2.03. The number of anilines is 1. The van der Waals surface area contributed by atoms with Gasteiger partial charge in [0, 0.05) is 30.2 Å². The molecule has 9 heteroatoms. The molecule has 1 fully saturated rings. The molecule has 1 saturated heterocycles. The molecule has 1 unspecified atom stereocenters. The van der Waals surface area contributed by atoms with Crippen LogP contribution in [0, 0.1) is 10.1 Å². The van der Waals surface area contributed by atoms with Crippen LogP contribution in [0.2, 0.25) is 0 Å². The molecule has 0 spiro atoms. The molecular formula is C12H17N5O3S. The zero-order valence-electron chi connectivity index (χ0n) is 11.6. The third kappa shape index (κ3) is 3.35. The molecule has 3 N–H and O–H groups in total. The van der Waals surface area contributed by atoms with E-state index in [0.717, 1.165) is 25.3 Å². The van der Waals surface area contributed by atoms with Crippen LogP contribution in [0.4, 0.5) is 11.5 Å². The fraction of sp³-hybridized carbons (Fsp3) is 0.500. The summed E-state index contributed by atoms with van der Waals surface area (Å²) in [6, 6.07) is 1.29. The van der Waals surface area contributed by atoms with E-state index in [1.54, 1.807) is 0 Å². The zero-order chi connectivity index (χ0) is 15.4. The Morgan fingerprint density at radius 3 is 3.14 bits per heavy atom. The predicted molar refractivity (Wildman–Crippen MR) is 82.2 cm³/mol. The van der Waals surface area contributed by atoms with Crippen LogP contribution in [0.3, 0.4) is 0 Å². The number of hydrogen-bond donors (Lipinski definition) is 2. The minimum absolute atomic E-state index is 0.174. The summed E-state index contributed by atoms with van der Waals surface area (Å²) in [6.07, 6.45) is 2.24. The van der Waals surface area contributed by atoms with Gasteiger partial charge >= 0.3 is 0 Å². The molecule has 2 heterocycles. The summed E-state index contributed by atoms with van der Waals surface area (Å²) in [5, 5.41) is 23.2. The van der Waals surface area contributed by atoms with Crippen molar-refractivity contribution in [2.24, 2.45) is 10.9 Å². The number of thioether (sulfide) groups is 1. The van der Waals surface area contributed by atoms with Crippen molar-refractivity contribution < 1.29 is 10.1 Å². The summed E-state index contributed by atoms with van der Waals surface area (Å²) in [7, 11) is 0. The van der Waals surface area contributed by atoms with Crippen LogP contribution in [0.15, 0.2) is 17.4 Å². The van der Waals surface area contributed by atoms with Gasteiger partial charge < -0.3 is 15.8 Å². The smallest absolute Gasteiger partial charge is 0.288 e. The molecule has 1 atom stereocenters. The SMILES string of the molecule is CCC1CN(c2ncc([N+](=O)[O-])cc2C(N)=NO)CCS1. The van der Waals surface area contributed by atoms with Gasteiger partial charge in [-0.05, 0) is 6.42 Å². The second kappa shape index (κ2) is 6.61. The quantitative estimate of drug-likeness (QED) is 0.284. The highest BCUT2D eigenvalue weighted by Crippen LogP contribution is 2.28. The molecule has 2 rings (SSSR count). The number of amidine groups is 1. The van der Waals surface area contributed by atoms with Gasteiger partial charge in [-0.25, -0.2) is 4.98 Å². The van der Waals surface area contributed by atoms with Crippen molar-refractivity contribution in [2.45, 2.75) is 18.6 Å². The lowest BCUT2D eigenvalue weighted by molar-refractivity contribution is -0.385. The van der Waals surface area contributed by atoms with Crippen LogP contribution < -0.4 is 10.6 Å². The van der Waals surface area contributed by atoms with E-state index >= 15 is 0 Å². The summed E-state index contributed by atoms with van der Waals surface area (Å²) in [4.78, 5) is 16.5. The van der Waals surface area contributed by atoms with E-state index < -0.39 is 4.92 Å². The van der Waals surface area contributed by atoms with E-state index in [1.807, 2.05) is 16.7 Å². The van der Waals surface area contributed by atoms with E-state index in [-0.39, 0.29) is 17.1 Å². The number of pyridine rings is 1. The second-order valence-corrected chi connectivity index (χ2v) is 6.06. The van der Waals surface area contributed by atoms with Crippen LogP contribution in [0.25, 0.3) is 0 Å². The minimum Gasteiger partial charge on any atom is -0.409 e. The van der Waals surface area contributed by atoms with E-state index in [2.05, 4.69) is 17.1 Å². The van der Waals surface area contributed by atoms with Crippen LogP contribution in [0.5, 0.6) is 0 Å². The predicted octanol–water partition coefficient (Wildman–Crippen LogP) is 1.42. The molecule has 1 aliphatic heterocycles. The summed E-state index contributed by atoms with van der Waals surface area (Å²) in [5.74, 6) is 1.30. The first kappa shape index (κ1) is 15.4. The number of nitro groups is 1. The van der Waals surface area contributed by atoms with Crippen LogP contribution in [-0.2, 0) is 0 Å². The molecule has 0 saturated carbocycles. The van der Waals surface area contributed by atoms with Gasteiger partial charge in [-0.1, -0.05) is 12.1 Å². The fourth-order valence-electron chi connectivity index (χ4n) is 2.20. The third-order valence-electron chi connectivity index (χ3n) is 3.34. The number of oxime groups is 1. The summed E-state index contributed by atoms with van der Waals surface area (Å²) >= 11 is 1.90. The van der Waals surface area contributed by atoms with Crippen LogP contribution in [-0.4, -0.2) is 45.0 Å². The molecule has 0 bridgehead atoms. The highest BCUT2D eigenvalue weighted by molar-refractivity contribution is 8.00. The number of rotatable bonds is 4. The summed E-state index contributed by atoms with van der Waals surface area (Å²) < 4.78 is 0. The Kier molecular flexibility index (Phi) is 4.84. The van der Waals surface area contributed by atoms with Crippen molar-refractivity contribution in [1.29, 1.82) is 0 Å². The Labute approximate surface area is 126 Å². The van der Waals surface area contributed by atoms with Gasteiger partial charge in [0.15, 0.2) is 5.84 Å². The maximum atomic E-state index is 10.9. The van der Waals surface area contributed by atoms with Gasteiger partial charge in [-0.15, -0.1) is 0 Å². The Morgan fingerprint density at radius 1 is 1.76 bits per heavy atom. The fourth-order valence-corrected chi connectivity index (χ4v) is 3.38. The molecule has 1 aliphatic rings. The van der Waals surface area contributed by atoms with Crippen molar-refractivity contribution >= 4 is 29.1 Å². The average Bonchev–Trinajstić information content (AvgIpc) is 2.53. The summed E-state index contributed by atoms with van der Waals surface area (Å²) in [5.41, 5.74) is 5.75. The van der Waals surface area contributed by atoms with Gasteiger partial charge in [0.2, 0.25) is 0 Å². The standard InChI is InChI=1S/C12H17N5O3S/c1-2-9-7-16(3-4-21-9)12-10(11(13)15-18)5-8(6-14-12)17(19)20/h5-6,9,18H,2-4,7H2,1H3,(H2,13,15). The lowest BCUT2D eigenvalue weighted by Gasteiger charge is -2.33. The van der Waals surface area contributed by atoms with Gasteiger partial charge in [0.1, 0.15) is 12.0 Å². The van der Waals surface area contributed by atoms with Gasteiger partial charge in [0.05, 0.1) is 10.5 Å². The third-order valence-corrected chi connectivity index (χ3v) is 4.71. The maximum Gasteiger partial charge on any atom is 0.288 e. The van der Waals surface area contributed by atoms with Crippen molar-refractivity contribution in [2.75, 3.05) is 23.7 Å². The summed E-state index contributed by atoms with van der Waals surface area (Å²) in [6.45, 7) is 3.68. The highest BCUT2D eigenvalue weighted by atomic mass is 32.2. The molecule has 21 heavy (non-hydrogen) atoms. The minimum atomic E-state index is -0.550. The Balaban J connectivity index is 2.40. The highest BCUT2D eigenvalue weighted by Gasteiger charge is 2.25. The molecule has 0 amide bonds. The topological polar surface area (TPSA) is 118 Å². The Morgan fingerprint density at radius 2 is 2.52 bits per heavy atom. The number of hydrogen-bond acceptors (Lipinski definition) is 7. The van der Waals surface area contributed by atoms with E-state index in [0.29, 0.717) is 11.1 Å². The van der Waals surface area contributed by atoms with E-state index in [9.17, 15) is 10.1 Å². The molecule has 1 aromatic heterocycles. The first-order valence-electron chi connectivity index (χ1n) is 6.55. The lowest BCUT2D eigenvalue weighted by atomic mass is 10.2. The zero-order valence-corrected chi connectivity index (χ0v) is 12.4. The number of aromatic nitrogens is 1. The van der Waals surface area contributed by atoms with Gasteiger partial charge in [-0.2, -0.15) is 11.8 Å². The second-order valence-electron chi connectivity index (χ2n) is 4.65. The largest absolute Gasteiger partial charge is 0.409 e. The first-order valence-corrected chi connectivity index (χ1v) is 7.60. The van der Waals surface area contributed by atoms with Crippen molar-refractivity contribution in [3.63, 3.8) is 0 Å². The average molecular weight is 311 g/mol. The number of nitrogens with two attached hydrogens (primary N) is 1. The van der Waals surface area contributed by atoms with Gasteiger partial charge in [0.25, 0.3) is 5.69 Å². The molecule has 8 nitrogen and oxygen atoms in total. The van der Waals surface area contributed by atoms with Crippen molar-refractivity contribution in [3.05, 3.63) is 27.9 Å². The lowest BCUT2D eigenvalue weighted by Crippen LogP contribution is -2.39. The van der Waals surface area contributed by atoms with E-state index in [4.69, 9.17) is 10.9 Å². The maximum absolute atomic E-state index is 10.9. The molecule has 0 aromatic carbocycles. The van der Waals surface area contributed by atoms with Crippen molar-refractivity contribution in [1.82, 2.24) is 4.98 Å². The van der Waals surface area contributed by atoms with Crippen LogP contribution >= 0.6 is 11.8 Å².